The lowest BCUT2D eigenvalue weighted by Crippen LogP contribution is -2.45. The van der Waals surface area contributed by atoms with Crippen molar-refractivity contribution in [3.8, 4) is 0 Å². The zero-order chi connectivity index (χ0) is 14.9. The summed E-state index contributed by atoms with van der Waals surface area (Å²) >= 11 is 0. The van der Waals surface area contributed by atoms with Crippen molar-refractivity contribution >= 4 is 5.97 Å². The van der Waals surface area contributed by atoms with Crippen LogP contribution in [-0.4, -0.2) is 34.7 Å². The van der Waals surface area contributed by atoms with Crippen molar-refractivity contribution < 1.29 is 9.53 Å². The van der Waals surface area contributed by atoms with E-state index in [4.69, 9.17) is 4.74 Å². The average Bonchev–Trinajstić information content (AvgIpc) is 2.93. The van der Waals surface area contributed by atoms with E-state index in [9.17, 15) is 4.79 Å². The third-order valence-electron chi connectivity index (χ3n) is 5.11. The predicted octanol–water partition coefficient (Wildman–Crippen LogP) is 2.83. The Kier molecular flexibility index (Phi) is 2.57. The number of ether oxygens (including phenoxy) is 1. The fourth-order valence-corrected chi connectivity index (χ4v) is 4.26. The maximum absolute atomic E-state index is 12.2. The summed E-state index contributed by atoms with van der Waals surface area (Å²) in [5.41, 5.74) is 3.68. The van der Waals surface area contributed by atoms with Crippen LogP contribution < -0.4 is 0 Å². The standard InChI is InChI=1S/C16H24N2O2/c1-7-11-12-8-15(2,3)17-9-10(14(19)20-6)13(18(12)17)16(11,4)5/h9,13H,7-8H2,1-6H3. The number of hydrogen-bond donors (Lipinski definition) is 0. The van der Waals surface area contributed by atoms with Crippen LogP contribution in [0.1, 0.15) is 47.5 Å². The van der Waals surface area contributed by atoms with Gasteiger partial charge in [0.15, 0.2) is 0 Å². The first kappa shape index (κ1) is 13.5. The van der Waals surface area contributed by atoms with Gasteiger partial charge in [-0.2, -0.15) is 0 Å². The second-order valence-corrected chi connectivity index (χ2v) is 7.16. The molecule has 0 aromatic heterocycles. The van der Waals surface area contributed by atoms with E-state index in [0.717, 1.165) is 18.4 Å². The normalized spacial score (nSPS) is 28.9. The highest BCUT2D eigenvalue weighted by Gasteiger charge is 2.60. The van der Waals surface area contributed by atoms with Crippen LogP contribution in [0.5, 0.6) is 0 Å². The third-order valence-corrected chi connectivity index (χ3v) is 5.11. The number of carbonyl (C=O) groups excluding carboxylic acids is 1. The van der Waals surface area contributed by atoms with Gasteiger partial charge < -0.3 is 4.74 Å². The molecule has 1 saturated heterocycles. The quantitative estimate of drug-likeness (QED) is 0.726. The summed E-state index contributed by atoms with van der Waals surface area (Å²) in [7, 11) is 1.46. The summed E-state index contributed by atoms with van der Waals surface area (Å²) in [5, 5.41) is 4.58. The molecule has 0 spiro atoms. The van der Waals surface area contributed by atoms with Gasteiger partial charge in [-0.15, -0.1) is 0 Å². The van der Waals surface area contributed by atoms with Gasteiger partial charge in [0.05, 0.1) is 24.3 Å². The molecule has 0 amide bonds. The molecule has 1 unspecified atom stereocenters. The molecule has 3 aliphatic rings. The SMILES string of the molecule is CCC1=C2CC(C)(C)N3C=C(C(=O)OC)C(N23)C1(C)C. The highest BCUT2D eigenvalue weighted by atomic mass is 16.5. The maximum atomic E-state index is 12.2. The second-order valence-electron chi connectivity index (χ2n) is 7.16. The van der Waals surface area contributed by atoms with Gasteiger partial charge in [0, 0.05) is 23.7 Å². The van der Waals surface area contributed by atoms with Gasteiger partial charge in [0.25, 0.3) is 0 Å². The minimum Gasteiger partial charge on any atom is -0.466 e. The molecule has 0 N–H and O–H groups in total. The number of hydrogen-bond acceptors (Lipinski definition) is 4. The van der Waals surface area contributed by atoms with Gasteiger partial charge >= 0.3 is 5.97 Å². The Bertz CT molecular complexity index is 543. The first-order chi connectivity index (χ1) is 9.25. The number of methoxy groups -OCH3 is 1. The monoisotopic (exact) mass is 276 g/mol. The molecule has 0 aliphatic carbocycles. The van der Waals surface area contributed by atoms with Crippen molar-refractivity contribution in [2.45, 2.75) is 59.0 Å². The smallest absolute Gasteiger partial charge is 0.337 e. The molecular formula is C16H24N2O2. The van der Waals surface area contributed by atoms with Crippen molar-refractivity contribution in [1.29, 1.82) is 0 Å². The molecule has 0 bridgehead atoms. The van der Waals surface area contributed by atoms with Crippen molar-refractivity contribution in [2.75, 3.05) is 7.11 Å². The highest BCUT2D eigenvalue weighted by Crippen LogP contribution is 2.58. The molecule has 0 saturated carbocycles. The Labute approximate surface area is 121 Å². The Balaban J connectivity index is 2.16. The van der Waals surface area contributed by atoms with E-state index in [1.165, 1.54) is 18.4 Å². The minimum atomic E-state index is -0.204. The number of carbonyl (C=O) groups is 1. The third kappa shape index (κ3) is 1.40. The topological polar surface area (TPSA) is 32.8 Å². The summed E-state index contributed by atoms with van der Waals surface area (Å²) < 4.78 is 5.00. The first-order valence-corrected chi connectivity index (χ1v) is 7.36. The summed E-state index contributed by atoms with van der Waals surface area (Å²) in [6.45, 7) is 11.2. The van der Waals surface area contributed by atoms with Crippen molar-refractivity contribution in [3.63, 3.8) is 0 Å². The molecule has 3 heterocycles. The zero-order valence-corrected chi connectivity index (χ0v) is 13.3. The molecule has 110 valence electrons. The lowest BCUT2D eigenvalue weighted by atomic mass is 9.75. The Morgan fingerprint density at radius 1 is 1.40 bits per heavy atom. The molecule has 0 radical (unpaired) electrons. The maximum Gasteiger partial charge on any atom is 0.337 e. The van der Waals surface area contributed by atoms with E-state index in [1.807, 2.05) is 6.20 Å². The summed E-state index contributed by atoms with van der Waals surface area (Å²) in [6, 6.07) is 0.0849. The number of rotatable bonds is 2. The number of hydrazine groups is 1. The van der Waals surface area contributed by atoms with Crippen LogP contribution in [0.15, 0.2) is 23.0 Å². The molecule has 4 heteroatoms. The van der Waals surface area contributed by atoms with Crippen LogP contribution in [0, 0.1) is 5.41 Å². The van der Waals surface area contributed by atoms with Crippen LogP contribution in [-0.2, 0) is 9.53 Å². The minimum absolute atomic E-state index is 0.0185. The lowest BCUT2D eigenvalue weighted by molar-refractivity contribution is -0.137. The van der Waals surface area contributed by atoms with Gasteiger partial charge in [0.2, 0.25) is 0 Å². The fourth-order valence-electron chi connectivity index (χ4n) is 4.26. The molecule has 0 aromatic carbocycles. The van der Waals surface area contributed by atoms with E-state index in [-0.39, 0.29) is 23.0 Å². The van der Waals surface area contributed by atoms with E-state index in [1.54, 1.807) is 0 Å². The summed E-state index contributed by atoms with van der Waals surface area (Å²) in [5.74, 6) is -0.204. The summed E-state index contributed by atoms with van der Waals surface area (Å²) in [6.07, 6.45) is 4.08. The van der Waals surface area contributed by atoms with Crippen molar-refractivity contribution in [3.05, 3.63) is 23.0 Å². The van der Waals surface area contributed by atoms with Crippen LogP contribution in [0.2, 0.25) is 0 Å². The molecule has 3 aliphatic heterocycles. The Hall–Kier alpha value is -1.45. The summed E-state index contributed by atoms with van der Waals surface area (Å²) in [4.78, 5) is 12.2. The van der Waals surface area contributed by atoms with E-state index >= 15 is 0 Å². The molecule has 1 fully saturated rings. The molecular weight excluding hydrogens is 252 g/mol. The zero-order valence-electron chi connectivity index (χ0n) is 13.3. The van der Waals surface area contributed by atoms with Crippen molar-refractivity contribution in [2.24, 2.45) is 5.41 Å². The predicted molar refractivity (Wildman–Crippen MR) is 77.4 cm³/mol. The molecule has 1 atom stereocenters. The second kappa shape index (κ2) is 3.80. The molecule has 20 heavy (non-hydrogen) atoms. The van der Waals surface area contributed by atoms with Gasteiger partial charge in [-0.25, -0.2) is 4.79 Å². The van der Waals surface area contributed by atoms with Gasteiger partial charge in [-0.1, -0.05) is 20.8 Å². The van der Waals surface area contributed by atoms with Gasteiger partial charge in [-0.05, 0) is 25.8 Å². The van der Waals surface area contributed by atoms with E-state index in [2.05, 4.69) is 44.6 Å². The lowest BCUT2D eigenvalue weighted by Gasteiger charge is -2.37. The number of esters is 1. The highest BCUT2D eigenvalue weighted by molar-refractivity contribution is 5.91. The van der Waals surface area contributed by atoms with Gasteiger partial charge in [-0.3, -0.25) is 10.0 Å². The Morgan fingerprint density at radius 3 is 2.60 bits per heavy atom. The Morgan fingerprint density at radius 2 is 2.05 bits per heavy atom. The largest absolute Gasteiger partial charge is 0.466 e. The van der Waals surface area contributed by atoms with Gasteiger partial charge in [0.1, 0.15) is 0 Å². The molecule has 0 aromatic rings. The van der Waals surface area contributed by atoms with Crippen LogP contribution in [0.3, 0.4) is 0 Å². The average molecular weight is 276 g/mol. The number of nitrogens with zero attached hydrogens (tertiary/aromatic N) is 2. The molecule has 4 nitrogen and oxygen atoms in total. The van der Waals surface area contributed by atoms with E-state index < -0.39 is 0 Å². The first-order valence-electron chi connectivity index (χ1n) is 7.36. The van der Waals surface area contributed by atoms with Crippen LogP contribution in [0.25, 0.3) is 0 Å². The van der Waals surface area contributed by atoms with E-state index in [0.29, 0.717) is 0 Å². The van der Waals surface area contributed by atoms with Crippen LogP contribution in [0.4, 0.5) is 0 Å². The van der Waals surface area contributed by atoms with Crippen molar-refractivity contribution in [1.82, 2.24) is 10.0 Å². The van der Waals surface area contributed by atoms with Crippen LogP contribution >= 0.6 is 0 Å². The fraction of sp³-hybridized carbons (Fsp3) is 0.688. The molecule has 3 rings (SSSR count).